The molecule has 0 bridgehead atoms. The second kappa shape index (κ2) is 12.0. The third-order valence-electron chi connectivity index (χ3n) is 4.32. The molecular formula is C22H30BrNO2. The number of hydrogen-bond donors (Lipinski definition) is 1. The minimum absolute atomic E-state index is 0.531. The summed E-state index contributed by atoms with van der Waals surface area (Å²) in [6.07, 6.45) is 6.45. The maximum Gasteiger partial charge on any atom is 0.166 e. The Labute approximate surface area is 166 Å². The molecule has 142 valence electrons. The summed E-state index contributed by atoms with van der Waals surface area (Å²) in [7, 11) is 1.68. The van der Waals surface area contributed by atoms with Crippen LogP contribution in [0.1, 0.15) is 50.2 Å². The Morgan fingerprint density at radius 3 is 2.50 bits per heavy atom. The molecule has 0 fully saturated rings. The van der Waals surface area contributed by atoms with Gasteiger partial charge in [-0.2, -0.15) is 0 Å². The molecule has 1 N–H and O–H groups in total. The average molecular weight is 420 g/mol. The fourth-order valence-electron chi connectivity index (χ4n) is 2.88. The van der Waals surface area contributed by atoms with E-state index in [1.165, 1.54) is 32.1 Å². The quantitative estimate of drug-likeness (QED) is 0.421. The molecule has 0 unspecified atom stereocenters. The Morgan fingerprint density at radius 2 is 1.77 bits per heavy atom. The van der Waals surface area contributed by atoms with E-state index >= 15 is 0 Å². The predicted octanol–water partition coefficient (Wildman–Crippen LogP) is 6.10. The van der Waals surface area contributed by atoms with Crippen molar-refractivity contribution >= 4 is 15.9 Å². The Balaban J connectivity index is 1.96. The highest BCUT2D eigenvalue weighted by molar-refractivity contribution is 9.10. The molecule has 0 aromatic heterocycles. The smallest absolute Gasteiger partial charge is 0.166 e. The first kappa shape index (κ1) is 20.8. The summed E-state index contributed by atoms with van der Waals surface area (Å²) in [5, 5.41) is 3.54. The number of unbranched alkanes of at least 4 members (excludes halogenated alkanes) is 4. The summed E-state index contributed by atoms with van der Waals surface area (Å²) in [6, 6.07) is 14.3. The van der Waals surface area contributed by atoms with Crippen LogP contribution in [0.5, 0.6) is 11.5 Å². The van der Waals surface area contributed by atoms with Crippen LogP contribution in [-0.4, -0.2) is 13.7 Å². The molecule has 0 heterocycles. The van der Waals surface area contributed by atoms with Crippen LogP contribution in [0.25, 0.3) is 0 Å². The van der Waals surface area contributed by atoms with Crippen molar-refractivity contribution in [2.75, 3.05) is 13.7 Å². The molecule has 4 heteroatoms. The first-order valence-electron chi connectivity index (χ1n) is 9.48. The molecule has 2 rings (SSSR count). The van der Waals surface area contributed by atoms with Crippen molar-refractivity contribution in [2.45, 2.75) is 52.2 Å². The van der Waals surface area contributed by atoms with Gasteiger partial charge >= 0.3 is 0 Å². The molecule has 0 saturated heterocycles. The zero-order chi connectivity index (χ0) is 18.6. The van der Waals surface area contributed by atoms with E-state index in [1.807, 2.05) is 24.3 Å². The number of benzene rings is 2. The lowest BCUT2D eigenvalue weighted by Crippen LogP contribution is -2.16. The summed E-state index contributed by atoms with van der Waals surface area (Å²) in [5.74, 6) is 1.58. The average Bonchev–Trinajstić information content (AvgIpc) is 2.66. The summed E-state index contributed by atoms with van der Waals surface area (Å²) in [6.45, 7) is 4.57. The van der Waals surface area contributed by atoms with Crippen molar-refractivity contribution < 1.29 is 9.47 Å². The number of halogens is 1. The number of nitrogens with one attached hydrogen (secondary N) is 1. The molecule has 0 saturated carbocycles. The van der Waals surface area contributed by atoms with Crippen molar-refractivity contribution in [3.8, 4) is 11.5 Å². The maximum atomic E-state index is 6.12. The standard InChI is InChI=1S/C22H30BrNO2/c1-3-4-5-6-10-13-24-16-19-14-20(23)15-21(25-2)22(19)26-17-18-11-8-7-9-12-18/h7-9,11-12,14-15,24H,3-6,10,13,16-17H2,1-2H3. The van der Waals surface area contributed by atoms with Gasteiger partial charge in [-0.1, -0.05) is 78.9 Å². The minimum atomic E-state index is 0.531. The van der Waals surface area contributed by atoms with Crippen LogP contribution >= 0.6 is 15.9 Å². The van der Waals surface area contributed by atoms with E-state index in [2.05, 4.69) is 46.4 Å². The molecule has 2 aromatic rings. The van der Waals surface area contributed by atoms with Gasteiger partial charge in [-0.3, -0.25) is 0 Å². The van der Waals surface area contributed by atoms with E-state index in [0.29, 0.717) is 6.61 Å². The zero-order valence-electron chi connectivity index (χ0n) is 15.9. The lowest BCUT2D eigenvalue weighted by Gasteiger charge is -2.16. The monoisotopic (exact) mass is 419 g/mol. The van der Waals surface area contributed by atoms with Gasteiger partial charge in [-0.15, -0.1) is 0 Å². The first-order chi connectivity index (χ1) is 12.7. The molecular weight excluding hydrogens is 390 g/mol. The van der Waals surface area contributed by atoms with Gasteiger partial charge in [0, 0.05) is 16.6 Å². The van der Waals surface area contributed by atoms with E-state index in [-0.39, 0.29) is 0 Å². The van der Waals surface area contributed by atoms with Gasteiger partial charge in [0.05, 0.1) is 7.11 Å². The van der Waals surface area contributed by atoms with Crippen LogP contribution < -0.4 is 14.8 Å². The molecule has 0 aliphatic heterocycles. The second-order valence-corrected chi connectivity index (χ2v) is 7.38. The summed E-state index contributed by atoms with van der Waals surface area (Å²) >= 11 is 3.57. The Hall–Kier alpha value is -1.52. The van der Waals surface area contributed by atoms with Crippen LogP contribution in [0.2, 0.25) is 0 Å². The van der Waals surface area contributed by atoms with Gasteiger partial charge in [0.15, 0.2) is 11.5 Å². The van der Waals surface area contributed by atoms with Gasteiger partial charge in [0.1, 0.15) is 6.61 Å². The lowest BCUT2D eigenvalue weighted by molar-refractivity contribution is 0.280. The van der Waals surface area contributed by atoms with Crippen molar-refractivity contribution in [1.29, 1.82) is 0 Å². The molecule has 0 radical (unpaired) electrons. The molecule has 2 aromatic carbocycles. The third kappa shape index (κ3) is 7.00. The van der Waals surface area contributed by atoms with E-state index < -0.39 is 0 Å². The van der Waals surface area contributed by atoms with Crippen LogP contribution in [0, 0.1) is 0 Å². The molecule has 0 spiro atoms. The van der Waals surface area contributed by atoms with E-state index in [1.54, 1.807) is 7.11 Å². The Bertz CT molecular complexity index is 646. The van der Waals surface area contributed by atoms with Crippen molar-refractivity contribution in [2.24, 2.45) is 0 Å². The van der Waals surface area contributed by atoms with Crippen molar-refractivity contribution in [3.63, 3.8) is 0 Å². The van der Waals surface area contributed by atoms with Crippen molar-refractivity contribution in [1.82, 2.24) is 5.32 Å². The van der Waals surface area contributed by atoms with Gasteiger partial charge < -0.3 is 14.8 Å². The number of methoxy groups -OCH3 is 1. The van der Waals surface area contributed by atoms with Crippen LogP contribution in [-0.2, 0) is 13.2 Å². The molecule has 0 aliphatic carbocycles. The fraction of sp³-hybridized carbons (Fsp3) is 0.455. The largest absolute Gasteiger partial charge is 0.493 e. The first-order valence-corrected chi connectivity index (χ1v) is 10.3. The van der Waals surface area contributed by atoms with Crippen LogP contribution in [0.4, 0.5) is 0 Å². The summed E-state index contributed by atoms with van der Waals surface area (Å²) in [5.41, 5.74) is 2.26. The second-order valence-electron chi connectivity index (χ2n) is 6.46. The van der Waals surface area contributed by atoms with Crippen molar-refractivity contribution in [3.05, 3.63) is 58.1 Å². The number of hydrogen-bond acceptors (Lipinski definition) is 3. The van der Waals surface area contributed by atoms with Gasteiger partial charge in [0.25, 0.3) is 0 Å². The van der Waals surface area contributed by atoms with E-state index in [9.17, 15) is 0 Å². The fourth-order valence-corrected chi connectivity index (χ4v) is 3.36. The number of rotatable bonds is 12. The highest BCUT2D eigenvalue weighted by Gasteiger charge is 2.13. The van der Waals surface area contributed by atoms with Crippen LogP contribution in [0.15, 0.2) is 46.9 Å². The Morgan fingerprint density at radius 1 is 1.00 bits per heavy atom. The SMILES string of the molecule is CCCCCCCNCc1cc(Br)cc(OC)c1OCc1ccccc1. The zero-order valence-corrected chi connectivity index (χ0v) is 17.5. The molecule has 0 amide bonds. The highest BCUT2D eigenvalue weighted by Crippen LogP contribution is 2.35. The summed E-state index contributed by atoms with van der Waals surface area (Å²) in [4.78, 5) is 0. The summed E-state index contributed by atoms with van der Waals surface area (Å²) < 4.78 is 12.7. The van der Waals surface area contributed by atoms with Gasteiger partial charge in [-0.05, 0) is 30.7 Å². The van der Waals surface area contributed by atoms with Crippen LogP contribution in [0.3, 0.4) is 0 Å². The lowest BCUT2D eigenvalue weighted by atomic mass is 10.1. The van der Waals surface area contributed by atoms with E-state index in [0.717, 1.165) is 40.2 Å². The highest BCUT2D eigenvalue weighted by atomic mass is 79.9. The topological polar surface area (TPSA) is 30.5 Å². The van der Waals surface area contributed by atoms with Gasteiger partial charge in [0.2, 0.25) is 0 Å². The van der Waals surface area contributed by atoms with Gasteiger partial charge in [-0.25, -0.2) is 0 Å². The minimum Gasteiger partial charge on any atom is -0.493 e. The third-order valence-corrected chi connectivity index (χ3v) is 4.77. The number of ether oxygens (including phenoxy) is 2. The van der Waals surface area contributed by atoms with E-state index in [4.69, 9.17) is 9.47 Å². The molecule has 0 atom stereocenters. The Kier molecular flexibility index (Phi) is 9.57. The molecule has 3 nitrogen and oxygen atoms in total. The normalized spacial score (nSPS) is 10.7. The molecule has 26 heavy (non-hydrogen) atoms. The molecule has 0 aliphatic rings. The predicted molar refractivity (Wildman–Crippen MR) is 112 cm³/mol. The maximum absolute atomic E-state index is 6.12.